The van der Waals surface area contributed by atoms with Crippen molar-refractivity contribution in [3.05, 3.63) is 63.9 Å². The lowest BCUT2D eigenvalue weighted by molar-refractivity contribution is 0.0978. The van der Waals surface area contributed by atoms with Gasteiger partial charge in [-0.2, -0.15) is 9.61 Å². The van der Waals surface area contributed by atoms with E-state index in [0.717, 1.165) is 27.0 Å². The molecule has 0 spiro atoms. The Hall–Kier alpha value is -2.59. The summed E-state index contributed by atoms with van der Waals surface area (Å²) in [6, 6.07) is 12.1. The van der Waals surface area contributed by atoms with E-state index in [9.17, 15) is 4.79 Å². The van der Waals surface area contributed by atoms with Crippen molar-refractivity contribution < 1.29 is 4.79 Å². The Morgan fingerprint density at radius 3 is 2.59 bits per heavy atom. The average Bonchev–Trinajstić information content (AvgIpc) is 3.24. The molecule has 0 atom stereocenters. The monoisotopic (exact) mass is 462 g/mol. The molecular formula is C18H12Cl2N6OS2. The highest BCUT2D eigenvalue weighted by atomic mass is 35.5. The number of hydrogen-bond donors (Lipinski definition) is 2. The van der Waals surface area contributed by atoms with Gasteiger partial charge in [-0.3, -0.25) is 10.1 Å². The molecule has 11 heteroatoms. The minimum absolute atomic E-state index is 0.156. The van der Waals surface area contributed by atoms with Gasteiger partial charge in [0.05, 0.1) is 10.6 Å². The van der Waals surface area contributed by atoms with E-state index in [4.69, 9.17) is 35.4 Å². The number of nitrogens with zero attached hydrogens (tertiary/aromatic N) is 4. The maximum absolute atomic E-state index is 12.3. The molecule has 0 unspecified atom stereocenters. The van der Waals surface area contributed by atoms with Crippen molar-refractivity contribution >= 4 is 68.4 Å². The van der Waals surface area contributed by atoms with Crippen LogP contribution in [0.1, 0.15) is 16.2 Å². The lowest BCUT2D eigenvalue weighted by Gasteiger charge is -2.10. The number of aromatic nitrogens is 4. The first-order valence-electron chi connectivity index (χ1n) is 8.27. The van der Waals surface area contributed by atoms with E-state index in [0.29, 0.717) is 5.02 Å². The summed E-state index contributed by atoms with van der Waals surface area (Å²) in [5, 5.41) is 19.8. The molecule has 0 aliphatic heterocycles. The number of carbonyl (C=O) groups excluding carboxylic acids is 1. The number of amides is 1. The molecule has 2 N–H and O–H groups in total. The summed E-state index contributed by atoms with van der Waals surface area (Å²) in [4.78, 5) is 13.1. The molecule has 146 valence electrons. The standard InChI is InChI=1S/C18H12Cl2N6OS2/c1-9-23-24-18-26(9)25-16(29-18)10-2-5-12(6-3-10)21-17(28)22-15(27)13-7-4-11(19)8-14(13)20/h2-8H,1H3,(H2,21,22,27,28). The van der Waals surface area contributed by atoms with E-state index in [1.54, 1.807) is 16.6 Å². The van der Waals surface area contributed by atoms with Crippen molar-refractivity contribution in [1.82, 2.24) is 25.1 Å². The van der Waals surface area contributed by atoms with Gasteiger partial charge in [-0.1, -0.05) is 34.5 Å². The van der Waals surface area contributed by atoms with Gasteiger partial charge < -0.3 is 5.32 Å². The molecule has 4 rings (SSSR count). The molecule has 0 saturated heterocycles. The van der Waals surface area contributed by atoms with E-state index in [1.165, 1.54) is 17.4 Å². The predicted octanol–water partition coefficient (Wildman–Crippen LogP) is 4.59. The molecule has 0 fully saturated rings. The molecular weight excluding hydrogens is 451 g/mol. The molecule has 2 heterocycles. The van der Waals surface area contributed by atoms with Crippen LogP contribution in [0.2, 0.25) is 10.0 Å². The average molecular weight is 463 g/mol. The zero-order valence-electron chi connectivity index (χ0n) is 14.8. The first-order chi connectivity index (χ1) is 13.9. The van der Waals surface area contributed by atoms with Crippen LogP contribution in [0.5, 0.6) is 0 Å². The molecule has 0 saturated carbocycles. The van der Waals surface area contributed by atoms with Crippen LogP contribution in [-0.4, -0.2) is 30.8 Å². The second kappa shape index (κ2) is 8.03. The van der Waals surface area contributed by atoms with Gasteiger partial charge in [-0.05, 0) is 61.6 Å². The van der Waals surface area contributed by atoms with Crippen molar-refractivity contribution in [2.75, 3.05) is 5.32 Å². The fraction of sp³-hybridized carbons (Fsp3) is 0.0556. The first kappa shape index (κ1) is 19.7. The number of benzene rings is 2. The van der Waals surface area contributed by atoms with Crippen LogP contribution in [0.4, 0.5) is 5.69 Å². The van der Waals surface area contributed by atoms with E-state index in [2.05, 4.69) is 25.9 Å². The van der Waals surface area contributed by atoms with Crippen molar-refractivity contribution in [1.29, 1.82) is 0 Å². The summed E-state index contributed by atoms with van der Waals surface area (Å²) >= 11 is 18.6. The number of fused-ring (bicyclic) bond motifs is 1. The SMILES string of the molecule is Cc1nnc2sc(-c3ccc(NC(=S)NC(=O)c4ccc(Cl)cc4Cl)cc3)nn12. The minimum Gasteiger partial charge on any atom is -0.332 e. The molecule has 0 aliphatic rings. The van der Waals surface area contributed by atoms with Gasteiger partial charge in [-0.25, -0.2) is 0 Å². The van der Waals surface area contributed by atoms with E-state index in [-0.39, 0.29) is 15.7 Å². The van der Waals surface area contributed by atoms with Gasteiger partial charge in [0.25, 0.3) is 5.91 Å². The molecule has 4 aromatic rings. The van der Waals surface area contributed by atoms with E-state index in [1.807, 2.05) is 31.2 Å². The normalized spacial score (nSPS) is 10.9. The molecule has 0 bridgehead atoms. The summed E-state index contributed by atoms with van der Waals surface area (Å²) in [6.07, 6.45) is 0. The third-order valence-corrected chi connectivity index (χ3v) is 5.64. The molecule has 7 nitrogen and oxygen atoms in total. The van der Waals surface area contributed by atoms with Crippen LogP contribution >= 0.6 is 46.8 Å². The van der Waals surface area contributed by atoms with E-state index < -0.39 is 5.91 Å². The van der Waals surface area contributed by atoms with Gasteiger partial charge in [-0.15, -0.1) is 10.2 Å². The number of hydrogen-bond acceptors (Lipinski definition) is 6. The van der Waals surface area contributed by atoms with Crippen molar-refractivity contribution in [2.45, 2.75) is 6.92 Å². The highest BCUT2D eigenvalue weighted by molar-refractivity contribution is 7.80. The Labute approximate surface area is 184 Å². The summed E-state index contributed by atoms with van der Waals surface area (Å²) in [5.41, 5.74) is 1.95. The van der Waals surface area contributed by atoms with Crippen LogP contribution in [-0.2, 0) is 0 Å². The Kier molecular flexibility index (Phi) is 5.46. The largest absolute Gasteiger partial charge is 0.332 e. The second-order valence-electron chi connectivity index (χ2n) is 5.96. The van der Waals surface area contributed by atoms with Crippen LogP contribution < -0.4 is 10.6 Å². The smallest absolute Gasteiger partial charge is 0.258 e. The van der Waals surface area contributed by atoms with Crippen molar-refractivity contribution in [3.8, 4) is 10.6 Å². The fourth-order valence-electron chi connectivity index (χ4n) is 2.53. The van der Waals surface area contributed by atoms with Gasteiger partial charge in [0.15, 0.2) is 10.9 Å². The zero-order chi connectivity index (χ0) is 20.5. The summed E-state index contributed by atoms with van der Waals surface area (Å²) < 4.78 is 1.71. The highest BCUT2D eigenvalue weighted by Gasteiger charge is 2.13. The Morgan fingerprint density at radius 1 is 1.14 bits per heavy atom. The molecule has 1 amide bonds. The van der Waals surface area contributed by atoms with Crippen LogP contribution in [0, 0.1) is 6.92 Å². The number of nitrogens with one attached hydrogen (secondary N) is 2. The Morgan fingerprint density at radius 2 is 1.90 bits per heavy atom. The minimum atomic E-state index is -0.420. The Bertz CT molecular complexity index is 1240. The molecule has 2 aromatic heterocycles. The summed E-state index contributed by atoms with van der Waals surface area (Å²) in [6.45, 7) is 1.85. The zero-order valence-corrected chi connectivity index (χ0v) is 18.0. The number of carbonyl (C=O) groups is 1. The van der Waals surface area contributed by atoms with Crippen LogP contribution in [0.15, 0.2) is 42.5 Å². The topological polar surface area (TPSA) is 84.2 Å². The van der Waals surface area contributed by atoms with Crippen molar-refractivity contribution in [2.24, 2.45) is 0 Å². The number of halogens is 2. The molecule has 0 aliphatic carbocycles. The number of anilines is 1. The van der Waals surface area contributed by atoms with E-state index >= 15 is 0 Å². The molecule has 0 radical (unpaired) electrons. The van der Waals surface area contributed by atoms with Gasteiger partial charge in [0, 0.05) is 16.3 Å². The lowest BCUT2D eigenvalue weighted by atomic mass is 10.2. The maximum atomic E-state index is 12.3. The van der Waals surface area contributed by atoms with Gasteiger partial charge >= 0.3 is 0 Å². The van der Waals surface area contributed by atoms with Gasteiger partial charge in [0.1, 0.15) is 5.01 Å². The first-order valence-corrected chi connectivity index (χ1v) is 10.3. The van der Waals surface area contributed by atoms with Crippen LogP contribution in [0.3, 0.4) is 0 Å². The number of rotatable bonds is 3. The third kappa shape index (κ3) is 4.23. The predicted molar refractivity (Wildman–Crippen MR) is 119 cm³/mol. The van der Waals surface area contributed by atoms with Crippen LogP contribution in [0.25, 0.3) is 15.5 Å². The summed E-state index contributed by atoms with van der Waals surface area (Å²) in [5.74, 6) is 0.318. The molecule has 2 aromatic carbocycles. The molecule has 29 heavy (non-hydrogen) atoms. The van der Waals surface area contributed by atoms with Crippen molar-refractivity contribution in [3.63, 3.8) is 0 Å². The van der Waals surface area contributed by atoms with Gasteiger partial charge in [0.2, 0.25) is 4.96 Å². The maximum Gasteiger partial charge on any atom is 0.258 e. The lowest BCUT2D eigenvalue weighted by Crippen LogP contribution is -2.34. The quantitative estimate of drug-likeness (QED) is 0.433. The second-order valence-corrected chi connectivity index (χ2v) is 8.17. The summed E-state index contributed by atoms with van der Waals surface area (Å²) in [7, 11) is 0. The number of aryl methyl sites for hydroxylation is 1. The Balaban J connectivity index is 1.42. The third-order valence-electron chi connectivity index (χ3n) is 3.94. The fourth-order valence-corrected chi connectivity index (χ4v) is 4.13. The highest BCUT2D eigenvalue weighted by Crippen LogP contribution is 2.26. The number of thiocarbonyl (C=S) groups is 1.